The molecule has 0 saturated carbocycles. The lowest BCUT2D eigenvalue weighted by Gasteiger charge is -2.09. The van der Waals surface area contributed by atoms with E-state index in [0.29, 0.717) is 17.1 Å². The summed E-state index contributed by atoms with van der Waals surface area (Å²) in [6.45, 7) is 7.63. The topological polar surface area (TPSA) is 43.1 Å². The van der Waals surface area contributed by atoms with Crippen LogP contribution in [-0.4, -0.2) is 19.4 Å². The molecule has 3 aromatic heterocycles. The Hall–Kier alpha value is -2.27. The summed E-state index contributed by atoms with van der Waals surface area (Å²) in [6.07, 6.45) is 1.56. The van der Waals surface area contributed by atoms with Crippen molar-refractivity contribution in [1.29, 1.82) is 0 Å². The van der Waals surface area contributed by atoms with E-state index in [1.54, 1.807) is 22.7 Å². The van der Waals surface area contributed by atoms with Crippen molar-refractivity contribution in [3.63, 3.8) is 0 Å². The number of allylic oxidation sites excluding steroid dienone is 1. The summed E-state index contributed by atoms with van der Waals surface area (Å²) >= 11 is 5.85. The third-order valence-electron chi connectivity index (χ3n) is 3.19. The molecule has 21 heavy (non-hydrogen) atoms. The molecule has 0 saturated heterocycles. The number of hydrogen-bond acceptors (Lipinski definition) is 3. The van der Waals surface area contributed by atoms with Crippen molar-refractivity contribution in [3.05, 3.63) is 53.5 Å². The van der Waals surface area contributed by atoms with Crippen LogP contribution in [0.3, 0.4) is 0 Å². The van der Waals surface area contributed by atoms with Gasteiger partial charge in [0, 0.05) is 6.20 Å². The molecular weight excluding hydrogens is 291 g/mol. The van der Waals surface area contributed by atoms with E-state index in [0.717, 1.165) is 11.3 Å². The van der Waals surface area contributed by atoms with Gasteiger partial charge in [0.05, 0.1) is 22.8 Å². The standard InChI is InChI=1S/C15H12ClFN4/c1-8(2)13-9(3)19-14-10(17)4-5-12(21(13)14)11-6-7-18-15(16)20-11/h4-7H,1H2,2-3H3. The van der Waals surface area contributed by atoms with Crippen molar-refractivity contribution in [2.75, 3.05) is 0 Å². The first-order valence-electron chi connectivity index (χ1n) is 6.31. The number of aryl methyl sites for hydroxylation is 1. The Labute approximate surface area is 126 Å². The smallest absolute Gasteiger partial charge is 0.222 e. The maximum absolute atomic E-state index is 14.0. The van der Waals surface area contributed by atoms with Gasteiger partial charge in [0.2, 0.25) is 5.28 Å². The van der Waals surface area contributed by atoms with Crippen LogP contribution in [0.2, 0.25) is 5.28 Å². The van der Waals surface area contributed by atoms with Gasteiger partial charge < -0.3 is 0 Å². The van der Waals surface area contributed by atoms with Crippen molar-refractivity contribution < 1.29 is 4.39 Å². The van der Waals surface area contributed by atoms with E-state index in [4.69, 9.17) is 11.6 Å². The van der Waals surface area contributed by atoms with Crippen molar-refractivity contribution in [2.24, 2.45) is 0 Å². The first kappa shape index (κ1) is 13.7. The Morgan fingerprint density at radius 3 is 2.71 bits per heavy atom. The van der Waals surface area contributed by atoms with Crippen LogP contribution in [0.15, 0.2) is 31.0 Å². The van der Waals surface area contributed by atoms with Crippen molar-refractivity contribution >= 4 is 22.8 Å². The second kappa shape index (κ2) is 4.93. The van der Waals surface area contributed by atoms with Crippen LogP contribution in [0.5, 0.6) is 0 Å². The predicted molar refractivity (Wildman–Crippen MR) is 80.6 cm³/mol. The Balaban J connectivity index is 2.43. The molecule has 0 aliphatic heterocycles. The van der Waals surface area contributed by atoms with Crippen LogP contribution in [0, 0.1) is 12.7 Å². The largest absolute Gasteiger partial charge is 0.288 e. The van der Waals surface area contributed by atoms with Gasteiger partial charge >= 0.3 is 0 Å². The van der Waals surface area contributed by atoms with Crippen LogP contribution in [0.25, 0.3) is 22.6 Å². The molecular formula is C15H12ClFN4. The second-order valence-corrected chi connectivity index (χ2v) is 5.10. The predicted octanol–water partition coefficient (Wildman–Crippen LogP) is 3.93. The summed E-state index contributed by atoms with van der Waals surface area (Å²) in [6, 6.07) is 4.74. The number of aromatic nitrogens is 4. The average Bonchev–Trinajstić information content (AvgIpc) is 2.77. The van der Waals surface area contributed by atoms with Gasteiger partial charge in [0.1, 0.15) is 0 Å². The molecule has 0 aliphatic rings. The first-order valence-corrected chi connectivity index (χ1v) is 6.69. The number of imidazole rings is 1. The number of nitrogens with zero attached hydrogens (tertiary/aromatic N) is 4. The maximum Gasteiger partial charge on any atom is 0.222 e. The summed E-state index contributed by atoms with van der Waals surface area (Å²) in [5.41, 5.74) is 3.82. The minimum absolute atomic E-state index is 0.138. The number of halogens is 2. The Morgan fingerprint density at radius 1 is 1.29 bits per heavy atom. The van der Waals surface area contributed by atoms with Crippen molar-refractivity contribution in [3.8, 4) is 11.4 Å². The van der Waals surface area contributed by atoms with Crippen LogP contribution in [0.4, 0.5) is 4.39 Å². The molecule has 0 aliphatic carbocycles. The van der Waals surface area contributed by atoms with Crippen LogP contribution in [0.1, 0.15) is 18.3 Å². The van der Waals surface area contributed by atoms with Gasteiger partial charge in [-0.15, -0.1) is 0 Å². The van der Waals surface area contributed by atoms with E-state index < -0.39 is 5.82 Å². The summed E-state index contributed by atoms with van der Waals surface area (Å²) in [5.74, 6) is -0.394. The molecule has 0 fully saturated rings. The number of rotatable bonds is 2. The van der Waals surface area contributed by atoms with Gasteiger partial charge in [0.25, 0.3) is 0 Å². The highest BCUT2D eigenvalue weighted by molar-refractivity contribution is 6.28. The minimum atomic E-state index is -0.394. The summed E-state index contributed by atoms with van der Waals surface area (Å²) < 4.78 is 15.8. The Kier molecular flexibility index (Phi) is 3.22. The quantitative estimate of drug-likeness (QED) is 0.674. The summed E-state index contributed by atoms with van der Waals surface area (Å²) in [5, 5.41) is 0.138. The fourth-order valence-corrected chi connectivity index (χ4v) is 2.55. The molecule has 106 valence electrons. The molecule has 0 radical (unpaired) electrons. The SMILES string of the molecule is C=C(C)c1c(C)nc2c(F)ccc(-c3ccnc(Cl)n3)n12. The molecule has 3 aromatic rings. The minimum Gasteiger partial charge on any atom is -0.288 e. The molecule has 0 N–H and O–H groups in total. The van der Waals surface area contributed by atoms with Crippen LogP contribution < -0.4 is 0 Å². The first-order chi connectivity index (χ1) is 9.99. The molecule has 6 heteroatoms. The highest BCUT2D eigenvalue weighted by Crippen LogP contribution is 2.27. The zero-order chi connectivity index (χ0) is 15.1. The lowest BCUT2D eigenvalue weighted by molar-refractivity contribution is 0.630. The lowest BCUT2D eigenvalue weighted by Crippen LogP contribution is -2.00. The fourth-order valence-electron chi connectivity index (χ4n) is 2.40. The summed E-state index contributed by atoms with van der Waals surface area (Å²) in [7, 11) is 0. The average molecular weight is 303 g/mol. The molecule has 0 bridgehead atoms. The fraction of sp³-hybridized carbons (Fsp3) is 0.133. The highest BCUT2D eigenvalue weighted by atomic mass is 35.5. The zero-order valence-electron chi connectivity index (χ0n) is 11.6. The zero-order valence-corrected chi connectivity index (χ0v) is 12.3. The normalized spacial score (nSPS) is 11.0. The van der Waals surface area contributed by atoms with E-state index in [-0.39, 0.29) is 10.9 Å². The van der Waals surface area contributed by atoms with Crippen LogP contribution in [-0.2, 0) is 0 Å². The van der Waals surface area contributed by atoms with E-state index in [1.165, 1.54) is 6.07 Å². The number of fused-ring (bicyclic) bond motifs is 1. The lowest BCUT2D eigenvalue weighted by atomic mass is 10.2. The molecule has 4 nitrogen and oxygen atoms in total. The Bertz CT molecular complexity index is 869. The number of pyridine rings is 1. The highest BCUT2D eigenvalue weighted by Gasteiger charge is 2.17. The summed E-state index contributed by atoms with van der Waals surface area (Å²) in [4.78, 5) is 12.3. The third kappa shape index (κ3) is 2.19. The van der Waals surface area contributed by atoms with Crippen molar-refractivity contribution in [2.45, 2.75) is 13.8 Å². The third-order valence-corrected chi connectivity index (χ3v) is 3.37. The molecule has 3 rings (SSSR count). The van der Waals surface area contributed by atoms with E-state index in [1.807, 2.05) is 13.8 Å². The van der Waals surface area contributed by atoms with Crippen LogP contribution >= 0.6 is 11.6 Å². The van der Waals surface area contributed by atoms with E-state index in [2.05, 4.69) is 21.5 Å². The molecule has 0 unspecified atom stereocenters. The second-order valence-electron chi connectivity index (χ2n) is 4.76. The van der Waals surface area contributed by atoms with Gasteiger partial charge in [-0.25, -0.2) is 19.3 Å². The van der Waals surface area contributed by atoms with Gasteiger partial charge in [-0.05, 0) is 49.2 Å². The number of hydrogen-bond donors (Lipinski definition) is 0. The van der Waals surface area contributed by atoms with Gasteiger partial charge in [-0.3, -0.25) is 4.40 Å². The molecule has 0 atom stereocenters. The van der Waals surface area contributed by atoms with Gasteiger partial charge in [-0.2, -0.15) is 0 Å². The monoisotopic (exact) mass is 302 g/mol. The maximum atomic E-state index is 14.0. The van der Waals surface area contributed by atoms with Crippen molar-refractivity contribution in [1.82, 2.24) is 19.4 Å². The van der Waals surface area contributed by atoms with E-state index in [9.17, 15) is 4.39 Å². The van der Waals surface area contributed by atoms with E-state index >= 15 is 0 Å². The van der Waals surface area contributed by atoms with Gasteiger partial charge in [0.15, 0.2) is 11.5 Å². The molecule has 3 heterocycles. The Morgan fingerprint density at radius 2 is 2.05 bits per heavy atom. The molecule has 0 aromatic carbocycles. The van der Waals surface area contributed by atoms with Gasteiger partial charge in [-0.1, -0.05) is 6.58 Å². The molecule has 0 spiro atoms. The molecule has 0 amide bonds.